The second-order valence-corrected chi connectivity index (χ2v) is 25.5. The number of aliphatic carboxylic acids is 1. The Kier molecular flexibility index (Phi) is 63.1. The fourth-order valence-electron chi connectivity index (χ4n) is 10.7. The molecule has 0 aromatic rings. The van der Waals surface area contributed by atoms with Crippen LogP contribution in [-0.2, 0) is 33.3 Å². The third-order valence-electron chi connectivity index (χ3n) is 16.1. The number of allylic oxidation sites excluding steroid dienone is 8. The molecule has 0 rings (SSSR count). The van der Waals surface area contributed by atoms with E-state index in [1.54, 1.807) is 0 Å². The van der Waals surface area contributed by atoms with Crippen LogP contribution < -0.4 is 0 Å². The second-order valence-electron chi connectivity index (χ2n) is 25.5. The molecule has 0 aromatic carbocycles. The van der Waals surface area contributed by atoms with Crippen molar-refractivity contribution < 1.29 is 42.9 Å². The summed E-state index contributed by atoms with van der Waals surface area (Å²) < 4.78 is 22.9. The summed E-state index contributed by atoms with van der Waals surface area (Å²) in [6.45, 7) is 4.80. The molecule has 0 aromatic heterocycles. The molecule has 0 aliphatic carbocycles. The van der Waals surface area contributed by atoms with Crippen molar-refractivity contribution in [1.82, 2.24) is 0 Å². The van der Waals surface area contributed by atoms with E-state index in [9.17, 15) is 19.5 Å². The number of carbonyl (C=O) groups is 3. The highest BCUT2D eigenvalue weighted by atomic mass is 16.7. The minimum atomic E-state index is -1.52. The minimum Gasteiger partial charge on any atom is -0.477 e. The highest BCUT2D eigenvalue weighted by Crippen LogP contribution is 2.19. The van der Waals surface area contributed by atoms with Gasteiger partial charge in [-0.3, -0.25) is 9.59 Å². The predicted octanol–water partition coefficient (Wildman–Crippen LogP) is 22.1. The molecular weight excluding hydrogens is 1030 g/mol. The van der Waals surface area contributed by atoms with Crippen molar-refractivity contribution in [2.24, 2.45) is 0 Å². The lowest BCUT2D eigenvalue weighted by Gasteiger charge is -2.25. The molecule has 0 amide bonds. The zero-order valence-corrected chi connectivity index (χ0v) is 55.6. The van der Waals surface area contributed by atoms with Crippen LogP contribution in [0.3, 0.4) is 0 Å². The third kappa shape index (κ3) is 66.6. The van der Waals surface area contributed by atoms with Crippen LogP contribution in [0.1, 0.15) is 348 Å². The maximum Gasteiger partial charge on any atom is 0.361 e. The van der Waals surface area contributed by atoms with E-state index in [-0.39, 0.29) is 32.2 Å². The van der Waals surface area contributed by atoms with Crippen LogP contribution >= 0.6 is 0 Å². The van der Waals surface area contributed by atoms with Gasteiger partial charge in [0.1, 0.15) is 13.2 Å². The van der Waals surface area contributed by atoms with Crippen molar-refractivity contribution in [2.45, 2.75) is 360 Å². The summed E-state index contributed by atoms with van der Waals surface area (Å²) in [5.74, 6) is -2.01. The van der Waals surface area contributed by atoms with Crippen LogP contribution in [0.5, 0.6) is 0 Å². The maximum atomic E-state index is 12.9. The van der Waals surface area contributed by atoms with Gasteiger partial charge in [0.25, 0.3) is 6.29 Å². The standard InChI is InChI=1S/C74H137NO8/c1-6-8-10-12-14-16-18-20-22-24-26-27-28-29-30-31-32-33-34-35-36-37-38-39-40-41-42-43-44-45-47-48-50-52-54-56-58-60-62-64-71(76)81-68-70(69-82-74(73(78)79)80-67-66-75(3,4)5)83-72(77)65-63-61-59-57-55-53-51-49-46-25-23-21-19-17-15-13-11-9-7-2/h9,11,15,17,21,23,46,49,70,74H,6-8,10,12-14,16,18-20,22,24-45,47-48,50-69H2,1-5H3/p+1/b11-9-,17-15-,23-21-,49-46-. The Morgan fingerprint density at radius 3 is 1.02 bits per heavy atom. The van der Waals surface area contributed by atoms with Gasteiger partial charge in [0.05, 0.1) is 34.4 Å². The van der Waals surface area contributed by atoms with Gasteiger partial charge in [-0.15, -0.1) is 0 Å². The zero-order chi connectivity index (χ0) is 60.5. The summed E-state index contributed by atoms with van der Waals surface area (Å²) in [6, 6.07) is 0. The van der Waals surface area contributed by atoms with Gasteiger partial charge in [0, 0.05) is 12.8 Å². The molecule has 0 saturated heterocycles. The molecule has 0 spiro atoms. The normalized spacial score (nSPS) is 12.9. The molecule has 0 radical (unpaired) electrons. The number of nitrogens with zero attached hydrogens (tertiary/aromatic N) is 1. The molecule has 0 heterocycles. The molecule has 2 atom stereocenters. The Balaban J connectivity index is 3.94. The molecule has 9 nitrogen and oxygen atoms in total. The SMILES string of the molecule is CC/C=C\C/C=C\C/C=C\C/C=C\CCCCCCCCC(=O)OC(COC(=O)CCCCCCCCCCCCCCCCCCCCCCCCCCCCCCCCCCCCCCCCC)COC(OCC[N+](C)(C)C)C(=O)O. The highest BCUT2D eigenvalue weighted by molar-refractivity contribution is 5.71. The van der Waals surface area contributed by atoms with Crippen molar-refractivity contribution in [3.8, 4) is 0 Å². The van der Waals surface area contributed by atoms with E-state index in [1.165, 1.54) is 231 Å². The molecule has 9 heteroatoms. The molecule has 2 unspecified atom stereocenters. The summed E-state index contributed by atoms with van der Waals surface area (Å²) in [6.07, 6.45) is 81.2. The molecular formula is C74H138NO8+. The van der Waals surface area contributed by atoms with Gasteiger partial charge in [-0.05, 0) is 51.4 Å². The number of carboxylic acid groups (broad SMARTS) is 1. The molecule has 0 bridgehead atoms. The fraction of sp³-hybridized carbons (Fsp3) is 0.851. The average Bonchev–Trinajstić information content (AvgIpc) is 3.46. The van der Waals surface area contributed by atoms with E-state index in [2.05, 4.69) is 62.5 Å². The van der Waals surface area contributed by atoms with Gasteiger partial charge < -0.3 is 28.5 Å². The molecule has 1 N–H and O–H groups in total. The molecule has 0 fully saturated rings. The van der Waals surface area contributed by atoms with Crippen LogP contribution in [0.25, 0.3) is 0 Å². The quantitative estimate of drug-likeness (QED) is 0.0211. The molecule has 0 saturated carbocycles. The Bertz CT molecular complexity index is 1500. The number of likely N-dealkylation sites (N-methyl/N-ethyl adjacent to an activating group) is 1. The van der Waals surface area contributed by atoms with Crippen molar-refractivity contribution in [1.29, 1.82) is 0 Å². The largest absolute Gasteiger partial charge is 0.477 e. The fourth-order valence-corrected chi connectivity index (χ4v) is 10.7. The summed E-state index contributed by atoms with van der Waals surface area (Å²) in [7, 11) is 5.97. The first-order valence-electron chi connectivity index (χ1n) is 35.8. The number of carbonyl (C=O) groups excluding carboxylic acids is 2. The molecule has 83 heavy (non-hydrogen) atoms. The van der Waals surface area contributed by atoms with Gasteiger partial charge in [0.15, 0.2) is 6.10 Å². The molecule has 486 valence electrons. The van der Waals surface area contributed by atoms with Gasteiger partial charge in [-0.1, -0.05) is 332 Å². The van der Waals surface area contributed by atoms with E-state index < -0.39 is 24.3 Å². The molecule has 0 aliphatic rings. The minimum absolute atomic E-state index is 0.185. The van der Waals surface area contributed by atoms with Crippen LogP contribution in [0.15, 0.2) is 48.6 Å². The number of quaternary nitrogens is 1. The maximum absolute atomic E-state index is 12.9. The van der Waals surface area contributed by atoms with Crippen LogP contribution in [-0.4, -0.2) is 87.4 Å². The number of esters is 2. The van der Waals surface area contributed by atoms with Crippen LogP contribution in [0.4, 0.5) is 0 Å². The Morgan fingerprint density at radius 1 is 0.373 bits per heavy atom. The Labute approximate surface area is 514 Å². The van der Waals surface area contributed by atoms with E-state index in [4.69, 9.17) is 18.9 Å². The third-order valence-corrected chi connectivity index (χ3v) is 16.1. The summed E-state index contributed by atoms with van der Waals surface area (Å²) >= 11 is 0. The zero-order valence-electron chi connectivity index (χ0n) is 55.6. The lowest BCUT2D eigenvalue weighted by atomic mass is 10.0. The van der Waals surface area contributed by atoms with E-state index in [0.29, 0.717) is 23.9 Å². The van der Waals surface area contributed by atoms with Crippen LogP contribution in [0, 0.1) is 0 Å². The summed E-state index contributed by atoms with van der Waals surface area (Å²) in [5, 5.41) is 9.73. The van der Waals surface area contributed by atoms with E-state index in [0.717, 1.165) is 83.5 Å². The lowest BCUT2D eigenvalue weighted by Crippen LogP contribution is -2.40. The number of unbranched alkanes of at least 4 members (excludes halogenated alkanes) is 44. The van der Waals surface area contributed by atoms with E-state index in [1.807, 2.05) is 21.1 Å². The average molecular weight is 1170 g/mol. The number of hydrogen-bond acceptors (Lipinski definition) is 7. The first kappa shape index (κ1) is 80.2. The number of rotatable bonds is 67. The first-order valence-corrected chi connectivity index (χ1v) is 35.8. The number of ether oxygens (including phenoxy) is 4. The van der Waals surface area contributed by atoms with Crippen LogP contribution in [0.2, 0.25) is 0 Å². The van der Waals surface area contributed by atoms with Gasteiger partial charge in [-0.2, -0.15) is 0 Å². The Hall–Kier alpha value is -2.75. The predicted molar refractivity (Wildman–Crippen MR) is 355 cm³/mol. The topological polar surface area (TPSA) is 108 Å². The number of hydrogen-bond donors (Lipinski definition) is 1. The second kappa shape index (κ2) is 65.2. The first-order chi connectivity index (χ1) is 40.6. The Morgan fingerprint density at radius 2 is 0.687 bits per heavy atom. The van der Waals surface area contributed by atoms with Gasteiger partial charge in [0.2, 0.25) is 0 Å². The molecule has 0 aliphatic heterocycles. The summed E-state index contributed by atoms with van der Waals surface area (Å²) in [5.41, 5.74) is 0. The highest BCUT2D eigenvalue weighted by Gasteiger charge is 2.25. The van der Waals surface area contributed by atoms with Crippen molar-refractivity contribution in [3.63, 3.8) is 0 Å². The smallest absolute Gasteiger partial charge is 0.361 e. The van der Waals surface area contributed by atoms with Gasteiger partial charge in [-0.25, -0.2) is 4.79 Å². The van der Waals surface area contributed by atoms with Crippen molar-refractivity contribution in [2.75, 3.05) is 47.5 Å². The van der Waals surface area contributed by atoms with E-state index >= 15 is 0 Å². The van der Waals surface area contributed by atoms with Crippen molar-refractivity contribution >= 4 is 17.9 Å². The van der Waals surface area contributed by atoms with Crippen molar-refractivity contribution in [3.05, 3.63) is 48.6 Å². The van der Waals surface area contributed by atoms with Gasteiger partial charge >= 0.3 is 17.9 Å². The summed E-state index contributed by atoms with van der Waals surface area (Å²) in [4.78, 5) is 37.5. The monoisotopic (exact) mass is 1170 g/mol. The lowest BCUT2D eigenvalue weighted by molar-refractivity contribution is -0.870. The number of carboxylic acids is 1.